The van der Waals surface area contributed by atoms with Crippen molar-refractivity contribution in [3.8, 4) is 0 Å². The molecule has 0 unspecified atom stereocenters. The molecular weight excluding hydrogens is 222 g/mol. The molecule has 0 saturated carbocycles. The molecule has 2 fully saturated rings. The van der Waals surface area contributed by atoms with Gasteiger partial charge in [0.05, 0.1) is 24.0 Å². The molecule has 0 radical (unpaired) electrons. The van der Waals surface area contributed by atoms with Crippen LogP contribution in [-0.2, 0) is 14.3 Å². The Morgan fingerprint density at radius 1 is 1.29 bits per heavy atom. The normalized spacial score (nSPS) is 35.2. The lowest BCUT2D eigenvalue weighted by atomic mass is 9.78. The Morgan fingerprint density at radius 3 is 2.41 bits per heavy atom. The Labute approximate surface area is 101 Å². The van der Waals surface area contributed by atoms with Crippen LogP contribution in [0.3, 0.4) is 0 Å². The molecule has 17 heavy (non-hydrogen) atoms. The highest BCUT2D eigenvalue weighted by Gasteiger charge is 2.55. The number of carboxylic acid groups (broad SMARTS) is 1. The molecule has 1 amide bonds. The molecule has 0 aromatic carbocycles. The van der Waals surface area contributed by atoms with E-state index in [1.54, 1.807) is 0 Å². The minimum atomic E-state index is -0.915. The number of fused-ring (bicyclic) bond motifs is 2. The van der Waals surface area contributed by atoms with Gasteiger partial charge in [0.25, 0.3) is 0 Å². The second kappa shape index (κ2) is 4.64. The van der Waals surface area contributed by atoms with Crippen LogP contribution < -0.4 is 5.32 Å². The first kappa shape index (κ1) is 12.4. The van der Waals surface area contributed by atoms with Crippen molar-refractivity contribution in [2.75, 3.05) is 6.54 Å². The van der Waals surface area contributed by atoms with Gasteiger partial charge >= 0.3 is 5.97 Å². The topological polar surface area (TPSA) is 75.6 Å². The molecule has 0 spiro atoms. The fourth-order valence-corrected chi connectivity index (χ4v) is 2.75. The number of carbonyl (C=O) groups excluding carboxylic acids is 1. The second-order valence-corrected chi connectivity index (χ2v) is 5.32. The summed E-state index contributed by atoms with van der Waals surface area (Å²) in [5, 5.41) is 12.0. The minimum absolute atomic E-state index is 0.168. The standard InChI is InChI=1S/C12H19NO4/c1-6(2)5-13-11(14)9-7-3-4-8(17-7)10(9)12(15)16/h6-10H,3-5H2,1-2H3,(H,13,14)(H,15,16)/t7-,8-,9+,10-/m0/s1. The average Bonchev–Trinajstić information content (AvgIpc) is 2.84. The molecule has 2 N–H and O–H groups in total. The van der Waals surface area contributed by atoms with Crippen molar-refractivity contribution >= 4 is 11.9 Å². The van der Waals surface area contributed by atoms with Crippen LogP contribution in [0, 0.1) is 17.8 Å². The number of hydrogen-bond acceptors (Lipinski definition) is 3. The van der Waals surface area contributed by atoms with Gasteiger partial charge in [-0.2, -0.15) is 0 Å². The highest BCUT2D eigenvalue weighted by Crippen LogP contribution is 2.43. The van der Waals surface area contributed by atoms with E-state index in [4.69, 9.17) is 4.74 Å². The third kappa shape index (κ3) is 2.29. The average molecular weight is 241 g/mol. The Bertz CT molecular complexity index is 328. The van der Waals surface area contributed by atoms with Crippen molar-refractivity contribution in [1.82, 2.24) is 5.32 Å². The van der Waals surface area contributed by atoms with E-state index >= 15 is 0 Å². The minimum Gasteiger partial charge on any atom is -0.481 e. The number of ether oxygens (including phenoxy) is 1. The maximum absolute atomic E-state index is 12.0. The van der Waals surface area contributed by atoms with E-state index in [0.29, 0.717) is 12.5 Å². The summed E-state index contributed by atoms with van der Waals surface area (Å²) >= 11 is 0. The summed E-state index contributed by atoms with van der Waals surface area (Å²) in [6.45, 7) is 4.59. The highest BCUT2D eigenvalue weighted by molar-refractivity contribution is 5.86. The number of hydrogen-bond donors (Lipinski definition) is 2. The van der Waals surface area contributed by atoms with Gasteiger partial charge in [0.15, 0.2) is 0 Å². The molecule has 5 nitrogen and oxygen atoms in total. The van der Waals surface area contributed by atoms with Crippen LogP contribution in [0.5, 0.6) is 0 Å². The van der Waals surface area contributed by atoms with Gasteiger partial charge in [-0.25, -0.2) is 0 Å². The summed E-state index contributed by atoms with van der Waals surface area (Å²) in [5.41, 5.74) is 0. The molecule has 2 aliphatic heterocycles. The highest BCUT2D eigenvalue weighted by atomic mass is 16.5. The number of carboxylic acids is 1. The third-order valence-corrected chi connectivity index (χ3v) is 3.55. The van der Waals surface area contributed by atoms with E-state index in [0.717, 1.165) is 12.8 Å². The van der Waals surface area contributed by atoms with Crippen molar-refractivity contribution in [2.45, 2.75) is 38.9 Å². The van der Waals surface area contributed by atoms with Crippen LogP contribution in [-0.4, -0.2) is 35.7 Å². The van der Waals surface area contributed by atoms with Gasteiger partial charge in [-0.05, 0) is 18.8 Å². The Kier molecular flexibility index (Phi) is 3.38. The number of carbonyl (C=O) groups is 2. The van der Waals surface area contributed by atoms with Crippen molar-refractivity contribution < 1.29 is 19.4 Å². The molecule has 2 saturated heterocycles. The van der Waals surface area contributed by atoms with E-state index in [1.807, 2.05) is 13.8 Å². The Balaban J connectivity index is 2.03. The van der Waals surface area contributed by atoms with Crippen LogP contribution in [0.2, 0.25) is 0 Å². The second-order valence-electron chi connectivity index (χ2n) is 5.32. The van der Waals surface area contributed by atoms with Gasteiger partial charge in [-0.1, -0.05) is 13.8 Å². The molecule has 4 atom stereocenters. The predicted octanol–water partition coefficient (Wildman–Crippen LogP) is 0.637. The molecule has 96 valence electrons. The summed E-state index contributed by atoms with van der Waals surface area (Å²) in [4.78, 5) is 23.2. The zero-order valence-corrected chi connectivity index (χ0v) is 10.2. The first-order valence-corrected chi connectivity index (χ1v) is 6.16. The molecule has 5 heteroatoms. The summed E-state index contributed by atoms with van der Waals surface area (Å²) in [5.74, 6) is -1.90. The Morgan fingerprint density at radius 2 is 1.88 bits per heavy atom. The number of nitrogens with one attached hydrogen (secondary N) is 1. The first-order valence-electron chi connectivity index (χ1n) is 6.16. The van der Waals surface area contributed by atoms with Crippen molar-refractivity contribution in [2.24, 2.45) is 17.8 Å². The van der Waals surface area contributed by atoms with Crippen LogP contribution in [0.25, 0.3) is 0 Å². The monoisotopic (exact) mass is 241 g/mol. The van der Waals surface area contributed by atoms with Crippen LogP contribution in [0.4, 0.5) is 0 Å². The number of aliphatic carboxylic acids is 1. The van der Waals surface area contributed by atoms with E-state index in [-0.39, 0.29) is 18.1 Å². The lowest BCUT2D eigenvalue weighted by Crippen LogP contribution is -2.44. The SMILES string of the molecule is CC(C)CNC(=O)[C@H]1[C@@H](C(=O)O)[C@@H]2CC[C@@H]1O2. The predicted molar refractivity (Wildman–Crippen MR) is 60.4 cm³/mol. The van der Waals surface area contributed by atoms with Crippen LogP contribution >= 0.6 is 0 Å². The molecule has 2 heterocycles. The fourth-order valence-electron chi connectivity index (χ4n) is 2.75. The fraction of sp³-hybridized carbons (Fsp3) is 0.833. The van der Waals surface area contributed by atoms with Crippen LogP contribution in [0.15, 0.2) is 0 Å². The Hall–Kier alpha value is -1.10. The quantitative estimate of drug-likeness (QED) is 0.757. The summed E-state index contributed by atoms with van der Waals surface area (Å²) in [6.07, 6.45) is 1.09. The molecule has 2 rings (SSSR count). The summed E-state index contributed by atoms with van der Waals surface area (Å²) < 4.78 is 5.55. The van der Waals surface area contributed by atoms with E-state index < -0.39 is 17.8 Å². The zero-order valence-electron chi connectivity index (χ0n) is 10.2. The first-order chi connectivity index (χ1) is 8.00. The van der Waals surface area contributed by atoms with E-state index in [9.17, 15) is 14.7 Å². The van der Waals surface area contributed by atoms with E-state index in [2.05, 4.69) is 5.32 Å². The van der Waals surface area contributed by atoms with Gasteiger partial charge in [-0.15, -0.1) is 0 Å². The number of rotatable bonds is 4. The van der Waals surface area contributed by atoms with Crippen molar-refractivity contribution in [1.29, 1.82) is 0 Å². The number of amides is 1. The molecular formula is C12H19NO4. The largest absolute Gasteiger partial charge is 0.481 e. The maximum atomic E-state index is 12.0. The molecule has 0 aromatic heterocycles. The third-order valence-electron chi connectivity index (χ3n) is 3.55. The van der Waals surface area contributed by atoms with Crippen molar-refractivity contribution in [3.05, 3.63) is 0 Å². The van der Waals surface area contributed by atoms with Gasteiger partial charge in [-0.3, -0.25) is 9.59 Å². The van der Waals surface area contributed by atoms with E-state index in [1.165, 1.54) is 0 Å². The summed E-state index contributed by atoms with van der Waals surface area (Å²) in [6, 6.07) is 0. The van der Waals surface area contributed by atoms with Crippen LogP contribution in [0.1, 0.15) is 26.7 Å². The van der Waals surface area contributed by atoms with Crippen molar-refractivity contribution in [3.63, 3.8) is 0 Å². The maximum Gasteiger partial charge on any atom is 0.310 e. The van der Waals surface area contributed by atoms with Gasteiger partial charge in [0.1, 0.15) is 0 Å². The summed E-state index contributed by atoms with van der Waals surface area (Å²) in [7, 11) is 0. The molecule has 0 aromatic rings. The molecule has 2 aliphatic rings. The smallest absolute Gasteiger partial charge is 0.310 e. The lowest BCUT2D eigenvalue weighted by Gasteiger charge is -2.24. The van der Waals surface area contributed by atoms with Gasteiger partial charge < -0.3 is 15.2 Å². The van der Waals surface area contributed by atoms with Gasteiger partial charge in [0.2, 0.25) is 5.91 Å². The molecule has 2 bridgehead atoms. The van der Waals surface area contributed by atoms with Gasteiger partial charge in [0, 0.05) is 6.54 Å². The molecule has 0 aliphatic carbocycles. The lowest BCUT2D eigenvalue weighted by molar-refractivity contribution is -0.147. The zero-order chi connectivity index (χ0) is 12.6.